The molecule has 20 heavy (non-hydrogen) atoms. The van der Waals surface area contributed by atoms with Crippen molar-refractivity contribution in [2.75, 3.05) is 13.1 Å². The summed E-state index contributed by atoms with van der Waals surface area (Å²) in [5.74, 6) is 1.14. The van der Waals surface area contributed by atoms with Crippen LogP contribution in [0.2, 0.25) is 0 Å². The zero-order chi connectivity index (χ0) is 14.7. The summed E-state index contributed by atoms with van der Waals surface area (Å²) in [5, 5.41) is 9.63. The number of rotatable bonds is 4. The molecular weight excluding hydrogens is 252 g/mol. The largest absolute Gasteiger partial charge is 0.503 e. The number of piperidine rings is 1. The average molecular weight is 278 g/mol. The number of pyridine rings is 1. The SMILES string of the molecule is CC(C)Cn1cc(O)c(=O)cc1CN1CCC(C)CC1. The maximum Gasteiger partial charge on any atom is 0.223 e. The van der Waals surface area contributed by atoms with Crippen molar-refractivity contribution in [1.29, 1.82) is 0 Å². The number of aromatic hydroxyl groups is 1. The zero-order valence-corrected chi connectivity index (χ0v) is 12.8. The molecule has 4 heteroatoms. The Hall–Kier alpha value is -1.29. The van der Waals surface area contributed by atoms with Crippen LogP contribution in [-0.2, 0) is 13.1 Å². The molecule has 0 atom stereocenters. The lowest BCUT2D eigenvalue weighted by molar-refractivity contribution is 0.180. The van der Waals surface area contributed by atoms with E-state index >= 15 is 0 Å². The lowest BCUT2D eigenvalue weighted by Gasteiger charge is -2.31. The molecule has 1 aliphatic heterocycles. The Kier molecular flexibility index (Phi) is 4.86. The van der Waals surface area contributed by atoms with Gasteiger partial charge in [0, 0.05) is 24.8 Å². The van der Waals surface area contributed by atoms with Crippen molar-refractivity contribution in [3.63, 3.8) is 0 Å². The zero-order valence-electron chi connectivity index (χ0n) is 12.8. The Morgan fingerprint density at radius 1 is 1.35 bits per heavy atom. The van der Waals surface area contributed by atoms with Crippen LogP contribution in [-0.4, -0.2) is 27.7 Å². The predicted octanol–water partition coefficient (Wildman–Crippen LogP) is 2.44. The van der Waals surface area contributed by atoms with Crippen molar-refractivity contribution in [1.82, 2.24) is 9.47 Å². The van der Waals surface area contributed by atoms with E-state index in [4.69, 9.17) is 0 Å². The van der Waals surface area contributed by atoms with Gasteiger partial charge in [-0.3, -0.25) is 9.69 Å². The topological polar surface area (TPSA) is 45.5 Å². The Morgan fingerprint density at radius 3 is 2.60 bits per heavy atom. The molecule has 1 aromatic rings. The molecule has 1 aromatic heterocycles. The van der Waals surface area contributed by atoms with E-state index in [1.54, 1.807) is 12.3 Å². The number of hydrogen-bond acceptors (Lipinski definition) is 3. The maximum atomic E-state index is 11.7. The summed E-state index contributed by atoms with van der Waals surface area (Å²) >= 11 is 0. The highest BCUT2D eigenvalue weighted by molar-refractivity contribution is 5.20. The van der Waals surface area contributed by atoms with E-state index in [-0.39, 0.29) is 11.2 Å². The van der Waals surface area contributed by atoms with Gasteiger partial charge in [0.05, 0.1) is 6.20 Å². The van der Waals surface area contributed by atoms with Gasteiger partial charge in [-0.1, -0.05) is 20.8 Å². The minimum Gasteiger partial charge on any atom is -0.503 e. The second kappa shape index (κ2) is 6.44. The summed E-state index contributed by atoms with van der Waals surface area (Å²) in [6, 6.07) is 1.59. The molecular formula is C16H26N2O2. The third kappa shape index (κ3) is 3.85. The molecule has 4 nitrogen and oxygen atoms in total. The van der Waals surface area contributed by atoms with Crippen LogP contribution in [0.3, 0.4) is 0 Å². The third-order valence-corrected chi connectivity index (χ3v) is 4.02. The number of aromatic nitrogens is 1. The monoisotopic (exact) mass is 278 g/mol. The highest BCUT2D eigenvalue weighted by Gasteiger charge is 2.17. The fraction of sp³-hybridized carbons (Fsp3) is 0.688. The van der Waals surface area contributed by atoms with Crippen molar-refractivity contribution in [2.24, 2.45) is 11.8 Å². The highest BCUT2D eigenvalue weighted by Crippen LogP contribution is 2.18. The van der Waals surface area contributed by atoms with E-state index in [0.717, 1.165) is 37.8 Å². The first-order chi connectivity index (χ1) is 9.45. The summed E-state index contributed by atoms with van der Waals surface area (Å²) in [4.78, 5) is 14.1. The van der Waals surface area contributed by atoms with Gasteiger partial charge in [0.1, 0.15) is 0 Å². The first-order valence-corrected chi connectivity index (χ1v) is 7.60. The average Bonchev–Trinajstić information content (AvgIpc) is 2.37. The van der Waals surface area contributed by atoms with Gasteiger partial charge in [0.15, 0.2) is 5.75 Å². The summed E-state index contributed by atoms with van der Waals surface area (Å²) in [6.45, 7) is 10.4. The first kappa shape index (κ1) is 15.1. The molecule has 0 radical (unpaired) electrons. The van der Waals surface area contributed by atoms with E-state index in [1.807, 2.05) is 4.57 Å². The molecule has 0 unspecified atom stereocenters. The van der Waals surface area contributed by atoms with E-state index in [2.05, 4.69) is 25.7 Å². The van der Waals surface area contributed by atoms with Crippen LogP contribution in [0.25, 0.3) is 0 Å². The molecule has 1 N–H and O–H groups in total. The third-order valence-electron chi connectivity index (χ3n) is 4.02. The molecule has 0 bridgehead atoms. The van der Waals surface area contributed by atoms with E-state index < -0.39 is 0 Å². The Bertz CT molecular complexity index is 500. The van der Waals surface area contributed by atoms with Crippen molar-refractivity contribution in [2.45, 2.75) is 46.7 Å². The standard InChI is InChI=1S/C16H26N2O2/c1-12(2)9-18-11-16(20)15(19)8-14(18)10-17-6-4-13(3)5-7-17/h8,11-13,20H,4-7,9-10H2,1-3H3. The summed E-state index contributed by atoms with van der Waals surface area (Å²) in [6.07, 6.45) is 4.04. The van der Waals surface area contributed by atoms with Crippen LogP contribution in [0, 0.1) is 11.8 Å². The van der Waals surface area contributed by atoms with Gasteiger partial charge in [0.2, 0.25) is 5.43 Å². The second-order valence-electron chi connectivity index (χ2n) is 6.52. The minimum atomic E-state index is -0.273. The summed E-state index contributed by atoms with van der Waals surface area (Å²) in [5.41, 5.74) is 0.737. The predicted molar refractivity (Wildman–Crippen MR) is 80.9 cm³/mol. The first-order valence-electron chi connectivity index (χ1n) is 7.60. The molecule has 2 rings (SSSR count). The van der Waals surface area contributed by atoms with Gasteiger partial charge in [-0.15, -0.1) is 0 Å². The molecule has 1 fully saturated rings. The second-order valence-corrected chi connectivity index (χ2v) is 6.52. The molecule has 1 saturated heterocycles. The van der Waals surface area contributed by atoms with E-state index in [9.17, 15) is 9.90 Å². The number of likely N-dealkylation sites (tertiary alicyclic amines) is 1. The quantitative estimate of drug-likeness (QED) is 0.920. The summed E-state index contributed by atoms with van der Waals surface area (Å²) < 4.78 is 2.03. The van der Waals surface area contributed by atoms with Crippen LogP contribution in [0.4, 0.5) is 0 Å². The molecule has 0 spiro atoms. The lowest BCUT2D eigenvalue weighted by Crippen LogP contribution is -2.34. The summed E-state index contributed by atoms with van der Waals surface area (Å²) in [7, 11) is 0. The molecule has 2 heterocycles. The molecule has 1 aliphatic rings. The molecule has 0 aromatic carbocycles. The fourth-order valence-electron chi connectivity index (χ4n) is 2.75. The number of nitrogens with zero attached hydrogens (tertiary/aromatic N) is 2. The Morgan fingerprint density at radius 2 is 2.00 bits per heavy atom. The molecule has 0 aliphatic carbocycles. The molecule has 0 amide bonds. The van der Waals surface area contributed by atoms with Crippen LogP contribution < -0.4 is 5.43 Å². The molecule has 0 saturated carbocycles. The van der Waals surface area contributed by atoms with Gasteiger partial charge in [-0.2, -0.15) is 0 Å². The van der Waals surface area contributed by atoms with E-state index in [1.165, 1.54) is 12.8 Å². The van der Waals surface area contributed by atoms with Crippen LogP contribution >= 0.6 is 0 Å². The Labute approximate surface area is 121 Å². The van der Waals surface area contributed by atoms with E-state index in [0.29, 0.717) is 5.92 Å². The van der Waals surface area contributed by atoms with Gasteiger partial charge in [0.25, 0.3) is 0 Å². The van der Waals surface area contributed by atoms with Crippen molar-refractivity contribution < 1.29 is 5.11 Å². The van der Waals surface area contributed by atoms with Gasteiger partial charge in [-0.25, -0.2) is 0 Å². The van der Waals surface area contributed by atoms with Crippen molar-refractivity contribution in [3.05, 3.63) is 28.2 Å². The van der Waals surface area contributed by atoms with Gasteiger partial charge < -0.3 is 9.67 Å². The Balaban J connectivity index is 2.16. The van der Waals surface area contributed by atoms with Crippen molar-refractivity contribution >= 4 is 0 Å². The fourth-order valence-corrected chi connectivity index (χ4v) is 2.75. The highest BCUT2D eigenvalue weighted by atomic mass is 16.3. The lowest BCUT2D eigenvalue weighted by atomic mass is 9.99. The van der Waals surface area contributed by atoms with Crippen LogP contribution in [0.15, 0.2) is 17.1 Å². The van der Waals surface area contributed by atoms with Crippen LogP contribution in [0.1, 0.15) is 39.3 Å². The maximum absolute atomic E-state index is 11.7. The minimum absolute atomic E-state index is 0.151. The number of hydrogen-bond donors (Lipinski definition) is 1. The van der Waals surface area contributed by atoms with Crippen molar-refractivity contribution in [3.8, 4) is 5.75 Å². The van der Waals surface area contributed by atoms with Gasteiger partial charge in [-0.05, 0) is 37.8 Å². The molecule has 112 valence electrons. The smallest absolute Gasteiger partial charge is 0.223 e. The van der Waals surface area contributed by atoms with Crippen LogP contribution in [0.5, 0.6) is 5.75 Å². The normalized spacial score (nSPS) is 17.8. The van der Waals surface area contributed by atoms with Gasteiger partial charge >= 0.3 is 0 Å².